The summed E-state index contributed by atoms with van der Waals surface area (Å²) >= 11 is 0. The summed E-state index contributed by atoms with van der Waals surface area (Å²) in [5.74, 6) is 0. The van der Waals surface area contributed by atoms with E-state index < -0.39 is 0 Å². The van der Waals surface area contributed by atoms with Crippen LogP contribution in [0.1, 0.15) is 19.8 Å². The standard InChI is InChI=1S/C13H17N3O/c1-13(6-8-14-9-7-13)16-11-5-3-2-4-10(11)15-12(16)17/h2-5,14H,6-9H2,1H3,(H,15,17). The van der Waals surface area contributed by atoms with Gasteiger partial charge in [-0.15, -0.1) is 0 Å². The molecule has 0 unspecified atom stereocenters. The number of aromatic nitrogens is 2. The Hall–Kier alpha value is -1.55. The minimum Gasteiger partial charge on any atom is -0.317 e. The average molecular weight is 231 g/mol. The molecular weight excluding hydrogens is 214 g/mol. The van der Waals surface area contributed by atoms with Crippen molar-refractivity contribution in [1.82, 2.24) is 14.9 Å². The summed E-state index contributed by atoms with van der Waals surface area (Å²) in [5, 5.41) is 3.34. The van der Waals surface area contributed by atoms with Gasteiger partial charge in [-0.2, -0.15) is 0 Å². The fourth-order valence-electron chi connectivity index (χ4n) is 2.78. The van der Waals surface area contributed by atoms with E-state index in [1.54, 1.807) is 0 Å². The van der Waals surface area contributed by atoms with Gasteiger partial charge in [0.05, 0.1) is 11.0 Å². The van der Waals surface area contributed by atoms with Crippen LogP contribution in [0.3, 0.4) is 0 Å². The number of nitrogens with one attached hydrogen (secondary N) is 2. The Labute approximate surface area is 99.6 Å². The zero-order valence-corrected chi connectivity index (χ0v) is 9.99. The highest BCUT2D eigenvalue weighted by Gasteiger charge is 2.31. The zero-order chi connectivity index (χ0) is 11.9. The highest BCUT2D eigenvalue weighted by molar-refractivity contribution is 5.75. The van der Waals surface area contributed by atoms with Gasteiger partial charge in [0, 0.05) is 5.54 Å². The second kappa shape index (κ2) is 3.74. The van der Waals surface area contributed by atoms with Crippen molar-refractivity contribution in [2.45, 2.75) is 25.3 Å². The van der Waals surface area contributed by atoms with Gasteiger partial charge < -0.3 is 10.3 Å². The molecule has 4 heteroatoms. The molecule has 3 rings (SSSR count). The van der Waals surface area contributed by atoms with Crippen LogP contribution in [0.5, 0.6) is 0 Å². The van der Waals surface area contributed by atoms with E-state index in [1.165, 1.54) is 0 Å². The summed E-state index contributed by atoms with van der Waals surface area (Å²) in [6, 6.07) is 7.90. The molecule has 1 fully saturated rings. The van der Waals surface area contributed by atoms with Gasteiger partial charge in [0.15, 0.2) is 0 Å². The summed E-state index contributed by atoms with van der Waals surface area (Å²) in [6.07, 6.45) is 1.99. The third-order valence-electron chi connectivity index (χ3n) is 3.81. The Morgan fingerprint density at radius 2 is 1.94 bits per heavy atom. The molecule has 1 aromatic heterocycles. The fraction of sp³-hybridized carbons (Fsp3) is 0.462. The van der Waals surface area contributed by atoms with E-state index in [9.17, 15) is 4.79 Å². The molecule has 2 N–H and O–H groups in total. The van der Waals surface area contributed by atoms with Crippen molar-refractivity contribution in [3.05, 3.63) is 34.7 Å². The maximum atomic E-state index is 12.1. The lowest BCUT2D eigenvalue weighted by Gasteiger charge is -2.35. The van der Waals surface area contributed by atoms with Gasteiger partial charge in [0.25, 0.3) is 0 Å². The lowest BCUT2D eigenvalue weighted by molar-refractivity contribution is 0.232. The lowest BCUT2D eigenvalue weighted by Crippen LogP contribution is -2.45. The first-order valence-electron chi connectivity index (χ1n) is 6.12. The van der Waals surface area contributed by atoms with Crippen LogP contribution in [0.25, 0.3) is 11.0 Å². The number of benzene rings is 1. The third-order valence-corrected chi connectivity index (χ3v) is 3.81. The van der Waals surface area contributed by atoms with E-state index in [0.717, 1.165) is 37.0 Å². The maximum Gasteiger partial charge on any atom is 0.326 e. The van der Waals surface area contributed by atoms with Gasteiger partial charge in [-0.1, -0.05) is 12.1 Å². The Morgan fingerprint density at radius 3 is 2.71 bits per heavy atom. The number of nitrogens with zero attached hydrogens (tertiary/aromatic N) is 1. The lowest BCUT2D eigenvalue weighted by atomic mass is 9.90. The monoisotopic (exact) mass is 231 g/mol. The second-order valence-corrected chi connectivity index (χ2v) is 5.03. The first-order chi connectivity index (χ1) is 8.21. The molecule has 2 heterocycles. The number of imidazole rings is 1. The van der Waals surface area contributed by atoms with E-state index in [4.69, 9.17) is 0 Å². The van der Waals surface area contributed by atoms with Crippen LogP contribution in [0.15, 0.2) is 29.1 Å². The van der Waals surface area contributed by atoms with E-state index in [2.05, 4.69) is 17.2 Å². The molecule has 0 aliphatic carbocycles. The molecule has 2 aromatic rings. The molecule has 4 nitrogen and oxygen atoms in total. The quantitative estimate of drug-likeness (QED) is 0.780. The van der Waals surface area contributed by atoms with E-state index >= 15 is 0 Å². The Bertz CT molecular complexity index is 590. The smallest absolute Gasteiger partial charge is 0.317 e. The average Bonchev–Trinajstić information content (AvgIpc) is 2.66. The number of aromatic amines is 1. The van der Waals surface area contributed by atoms with Gasteiger partial charge in [0.2, 0.25) is 0 Å². The molecule has 0 atom stereocenters. The van der Waals surface area contributed by atoms with Crippen LogP contribution in [-0.4, -0.2) is 22.6 Å². The number of para-hydroxylation sites is 2. The van der Waals surface area contributed by atoms with Crippen molar-refractivity contribution in [2.75, 3.05) is 13.1 Å². The minimum absolute atomic E-state index is 0.00981. The molecule has 0 radical (unpaired) electrons. The molecule has 17 heavy (non-hydrogen) atoms. The zero-order valence-electron chi connectivity index (χ0n) is 9.99. The van der Waals surface area contributed by atoms with E-state index in [1.807, 2.05) is 28.8 Å². The number of piperidine rings is 1. The van der Waals surface area contributed by atoms with Crippen LogP contribution < -0.4 is 11.0 Å². The number of hydrogen-bond acceptors (Lipinski definition) is 2. The first-order valence-corrected chi connectivity index (χ1v) is 6.12. The number of H-pyrrole nitrogens is 1. The molecule has 0 amide bonds. The third kappa shape index (κ3) is 1.60. The van der Waals surface area contributed by atoms with E-state index in [-0.39, 0.29) is 11.2 Å². The summed E-state index contributed by atoms with van der Waals surface area (Å²) in [5.41, 5.74) is 1.89. The predicted molar refractivity (Wildman–Crippen MR) is 68.3 cm³/mol. The highest BCUT2D eigenvalue weighted by atomic mass is 16.1. The Morgan fingerprint density at radius 1 is 1.24 bits per heavy atom. The van der Waals surface area contributed by atoms with Gasteiger partial charge in [-0.3, -0.25) is 4.57 Å². The van der Waals surface area contributed by atoms with Gasteiger partial charge >= 0.3 is 5.69 Å². The molecule has 1 aliphatic heterocycles. The normalized spacial score (nSPS) is 19.6. The predicted octanol–water partition coefficient (Wildman–Crippen LogP) is 1.43. The van der Waals surface area contributed by atoms with Crippen molar-refractivity contribution in [3.63, 3.8) is 0 Å². The number of fused-ring (bicyclic) bond motifs is 1. The summed E-state index contributed by atoms with van der Waals surface area (Å²) in [6.45, 7) is 4.13. The number of hydrogen-bond donors (Lipinski definition) is 2. The van der Waals surface area contributed by atoms with Gasteiger partial charge in [-0.05, 0) is 45.0 Å². The molecular formula is C13H17N3O. The van der Waals surface area contributed by atoms with Crippen LogP contribution >= 0.6 is 0 Å². The van der Waals surface area contributed by atoms with Crippen molar-refractivity contribution >= 4 is 11.0 Å². The van der Waals surface area contributed by atoms with Crippen molar-refractivity contribution in [1.29, 1.82) is 0 Å². The van der Waals surface area contributed by atoms with Crippen molar-refractivity contribution < 1.29 is 0 Å². The first kappa shape index (κ1) is 10.6. The second-order valence-electron chi connectivity index (χ2n) is 5.03. The van der Waals surface area contributed by atoms with Crippen molar-refractivity contribution in [2.24, 2.45) is 0 Å². The Kier molecular flexibility index (Phi) is 2.33. The van der Waals surface area contributed by atoms with Gasteiger partial charge in [0.1, 0.15) is 0 Å². The summed E-state index contributed by atoms with van der Waals surface area (Å²) in [4.78, 5) is 15.1. The molecule has 1 aromatic carbocycles. The molecule has 1 saturated heterocycles. The molecule has 0 bridgehead atoms. The molecule has 1 aliphatic rings. The SMILES string of the molecule is CC1(n2c(=O)[nH]c3ccccc32)CCNCC1. The highest BCUT2D eigenvalue weighted by Crippen LogP contribution is 2.28. The minimum atomic E-state index is -0.0675. The topological polar surface area (TPSA) is 49.8 Å². The summed E-state index contributed by atoms with van der Waals surface area (Å²) < 4.78 is 1.93. The Balaban J connectivity index is 2.22. The number of rotatable bonds is 1. The van der Waals surface area contributed by atoms with E-state index in [0.29, 0.717) is 0 Å². The molecule has 90 valence electrons. The maximum absolute atomic E-state index is 12.1. The van der Waals surface area contributed by atoms with Gasteiger partial charge in [-0.25, -0.2) is 4.79 Å². The fourth-order valence-corrected chi connectivity index (χ4v) is 2.78. The molecule has 0 spiro atoms. The van der Waals surface area contributed by atoms with Crippen LogP contribution in [-0.2, 0) is 5.54 Å². The van der Waals surface area contributed by atoms with Crippen LogP contribution in [0, 0.1) is 0 Å². The van der Waals surface area contributed by atoms with Crippen LogP contribution in [0.2, 0.25) is 0 Å². The van der Waals surface area contributed by atoms with Crippen molar-refractivity contribution in [3.8, 4) is 0 Å². The summed E-state index contributed by atoms with van der Waals surface area (Å²) in [7, 11) is 0. The molecule has 0 saturated carbocycles. The van der Waals surface area contributed by atoms with Crippen LogP contribution in [0.4, 0.5) is 0 Å². The largest absolute Gasteiger partial charge is 0.326 e.